The van der Waals surface area contributed by atoms with E-state index >= 15 is 0 Å². The van der Waals surface area contributed by atoms with Gasteiger partial charge in [-0.15, -0.1) is 0 Å². The molecule has 0 amide bonds. The Kier molecular flexibility index (Phi) is 4.56. The highest BCUT2D eigenvalue weighted by Gasteiger charge is 2.34. The van der Waals surface area contributed by atoms with Crippen LogP contribution in [0.5, 0.6) is 5.75 Å². The van der Waals surface area contributed by atoms with Crippen LogP contribution in [0, 0.1) is 17.7 Å². The molecule has 2 nitrogen and oxygen atoms in total. The Labute approximate surface area is 120 Å². The maximum atomic E-state index is 13.9. The van der Waals surface area contributed by atoms with Crippen molar-refractivity contribution in [2.24, 2.45) is 11.8 Å². The van der Waals surface area contributed by atoms with E-state index in [4.69, 9.17) is 4.74 Å². The SMILES string of the molecule is Fc1ccccc1OC(C1CCCCC1)[C@H]1CCNC1. The first-order valence-corrected chi connectivity index (χ1v) is 7.96. The summed E-state index contributed by atoms with van der Waals surface area (Å²) in [6, 6.07) is 6.81. The normalized spacial score (nSPS) is 25.6. The molecule has 0 radical (unpaired) electrons. The van der Waals surface area contributed by atoms with E-state index in [1.807, 2.05) is 6.07 Å². The van der Waals surface area contributed by atoms with Crippen LogP contribution in [0.2, 0.25) is 0 Å². The summed E-state index contributed by atoms with van der Waals surface area (Å²) in [7, 11) is 0. The topological polar surface area (TPSA) is 21.3 Å². The van der Waals surface area contributed by atoms with E-state index in [1.54, 1.807) is 12.1 Å². The summed E-state index contributed by atoms with van der Waals surface area (Å²) in [6.07, 6.45) is 7.71. The number of nitrogens with one attached hydrogen (secondary N) is 1. The number of ether oxygens (including phenoxy) is 1. The lowest BCUT2D eigenvalue weighted by molar-refractivity contribution is 0.0587. The monoisotopic (exact) mass is 277 g/mol. The van der Waals surface area contributed by atoms with Crippen molar-refractivity contribution in [1.82, 2.24) is 5.32 Å². The molecule has 2 aliphatic rings. The fourth-order valence-corrected chi connectivity index (χ4v) is 3.68. The molecule has 1 unspecified atom stereocenters. The number of halogens is 1. The zero-order valence-electron chi connectivity index (χ0n) is 12.0. The molecule has 1 saturated heterocycles. The van der Waals surface area contributed by atoms with Crippen molar-refractivity contribution in [1.29, 1.82) is 0 Å². The van der Waals surface area contributed by atoms with Gasteiger partial charge in [0.15, 0.2) is 11.6 Å². The number of hydrogen-bond acceptors (Lipinski definition) is 2. The summed E-state index contributed by atoms with van der Waals surface area (Å²) >= 11 is 0. The summed E-state index contributed by atoms with van der Waals surface area (Å²) < 4.78 is 20.0. The Bertz CT molecular complexity index is 425. The molecule has 0 aromatic heterocycles. The second kappa shape index (κ2) is 6.57. The number of benzene rings is 1. The Morgan fingerprint density at radius 3 is 2.55 bits per heavy atom. The van der Waals surface area contributed by atoms with Gasteiger partial charge in [0.1, 0.15) is 6.10 Å². The Morgan fingerprint density at radius 1 is 1.05 bits per heavy atom. The van der Waals surface area contributed by atoms with E-state index in [2.05, 4.69) is 5.32 Å². The third-order valence-corrected chi connectivity index (χ3v) is 4.78. The quantitative estimate of drug-likeness (QED) is 0.904. The standard InChI is InChI=1S/C17H24FNO/c18-15-8-4-5-9-16(15)20-17(14-10-11-19-12-14)13-6-2-1-3-7-13/h4-5,8-9,13-14,17,19H,1-3,6-7,10-12H2/t14-,17?/m0/s1. The average molecular weight is 277 g/mol. The molecule has 2 fully saturated rings. The van der Waals surface area contributed by atoms with Crippen LogP contribution in [0.4, 0.5) is 4.39 Å². The molecule has 20 heavy (non-hydrogen) atoms. The summed E-state index contributed by atoms with van der Waals surface area (Å²) in [5.41, 5.74) is 0. The minimum atomic E-state index is -0.237. The van der Waals surface area contributed by atoms with Gasteiger partial charge in [0.2, 0.25) is 0 Å². The highest BCUT2D eigenvalue weighted by Crippen LogP contribution is 2.34. The van der Waals surface area contributed by atoms with E-state index in [0.29, 0.717) is 17.6 Å². The van der Waals surface area contributed by atoms with Crippen molar-refractivity contribution < 1.29 is 9.13 Å². The van der Waals surface area contributed by atoms with E-state index < -0.39 is 0 Å². The average Bonchev–Trinajstić information content (AvgIpc) is 3.01. The molecule has 3 rings (SSSR count). The van der Waals surface area contributed by atoms with Crippen LogP contribution >= 0.6 is 0 Å². The molecule has 1 aliphatic carbocycles. The molecule has 2 atom stereocenters. The van der Waals surface area contributed by atoms with Crippen LogP contribution in [-0.2, 0) is 0 Å². The lowest BCUT2D eigenvalue weighted by Crippen LogP contribution is -2.37. The van der Waals surface area contributed by atoms with E-state index in [0.717, 1.165) is 19.5 Å². The van der Waals surface area contributed by atoms with Crippen molar-refractivity contribution >= 4 is 0 Å². The Morgan fingerprint density at radius 2 is 1.85 bits per heavy atom. The van der Waals surface area contributed by atoms with E-state index in [1.165, 1.54) is 38.2 Å². The number of para-hydroxylation sites is 1. The van der Waals surface area contributed by atoms with Gasteiger partial charge in [-0.25, -0.2) is 4.39 Å². The minimum Gasteiger partial charge on any atom is -0.487 e. The Hall–Kier alpha value is -1.09. The van der Waals surface area contributed by atoms with Crippen LogP contribution in [0.3, 0.4) is 0 Å². The molecular weight excluding hydrogens is 253 g/mol. The molecular formula is C17H24FNO. The minimum absolute atomic E-state index is 0.169. The maximum absolute atomic E-state index is 13.9. The third kappa shape index (κ3) is 3.14. The molecule has 1 aromatic carbocycles. The molecule has 1 aliphatic heterocycles. The zero-order chi connectivity index (χ0) is 13.8. The summed E-state index contributed by atoms with van der Waals surface area (Å²) in [5.74, 6) is 1.31. The number of hydrogen-bond donors (Lipinski definition) is 1. The molecule has 1 aromatic rings. The van der Waals surface area contributed by atoms with Crippen LogP contribution < -0.4 is 10.1 Å². The van der Waals surface area contributed by atoms with Gasteiger partial charge in [0, 0.05) is 12.5 Å². The second-order valence-corrected chi connectivity index (χ2v) is 6.16. The number of rotatable bonds is 4. The summed E-state index contributed by atoms with van der Waals surface area (Å²) in [6.45, 7) is 2.07. The molecule has 1 saturated carbocycles. The maximum Gasteiger partial charge on any atom is 0.165 e. The molecule has 1 heterocycles. The van der Waals surface area contributed by atoms with Gasteiger partial charge in [-0.05, 0) is 43.9 Å². The predicted octanol–water partition coefficient (Wildman–Crippen LogP) is 3.76. The highest BCUT2D eigenvalue weighted by molar-refractivity contribution is 5.24. The summed E-state index contributed by atoms with van der Waals surface area (Å²) in [5, 5.41) is 3.42. The fourth-order valence-electron chi connectivity index (χ4n) is 3.68. The van der Waals surface area contributed by atoms with Crippen molar-refractivity contribution in [3.8, 4) is 5.75 Å². The van der Waals surface area contributed by atoms with Gasteiger partial charge in [-0.3, -0.25) is 0 Å². The first-order valence-electron chi connectivity index (χ1n) is 7.96. The van der Waals surface area contributed by atoms with E-state index in [-0.39, 0.29) is 11.9 Å². The van der Waals surface area contributed by atoms with Gasteiger partial charge < -0.3 is 10.1 Å². The van der Waals surface area contributed by atoms with Crippen LogP contribution in [0.1, 0.15) is 38.5 Å². The second-order valence-electron chi connectivity index (χ2n) is 6.16. The lowest BCUT2D eigenvalue weighted by Gasteiger charge is -2.34. The van der Waals surface area contributed by atoms with Crippen LogP contribution in [0.15, 0.2) is 24.3 Å². The molecule has 0 spiro atoms. The van der Waals surface area contributed by atoms with Gasteiger partial charge in [0.05, 0.1) is 0 Å². The van der Waals surface area contributed by atoms with Crippen LogP contribution in [-0.4, -0.2) is 19.2 Å². The fraction of sp³-hybridized carbons (Fsp3) is 0.647. The molecule has 3 heteroatoms. The summed E-state index contributed by atoms with van der Waals surface area (Å²) in [4.78, 5) is 0. The predicted molar refractivity (Wildman–Crippen MR) is 78.4 cm³/mol. The zero-order valence-corrected chi connectivity index (χ0v) is 12.0. The molecule has 110 valence electrons. The molecule has 0 bridgehead atoms. The van der Waals surface area contributed by atoms with Gasteiger partial charge in [-0.2, -0.15) is 0 Å². The smallest absolute Gasteiger partial charge is 0.165 e. The lowest BCUT2D eigenvalue weighted by atomic mass is 9.80. The van der Waals surface area contributed by atoms with Gasteiger partial charge in [0.25, 0.3) is 0 Å². The van der Waals surface area contributed by atoms with Gasteiger partial charge in [-0.1, -0.05) is 31.4 Å². The van der Waals surface area contributed by atoms with Crippen molar-refractivity contribution in [3.05, 3.63) is 30.1 Å². The van der Waals surface area contributed by atoms with Crippen LogP contribution in [0.25, 0.3) is 0 Å². The van der Waals surface area contributed by atoms with Crippen molar-refractivity contribution in [2.75, 3.05) is 13.1 Å². The third-order valence-electron chi connectivity index (χ3n) is 4.78. The highest BCUT2D eigenvalue weighted by atomic mass is 19.1. The van der Waals surface area contributed by atoms with Crippen molar-refractivity contribution in [3.63, 3.8) is 0 Å². The van der Waals surface area contributed by atoms with Crippen molar-refractivity contribution in [2.45, 2.75) is 44.6 Å². The van der Waals surface area contributed by atoms with E-state index in [9.17, 15) is 4.39 Å². The first kappa shape index (κ1) is 13.9. The Balaban J connectivity index is 1.75. The molecule has 1 N–H and O–H groups in total. The first-order chi connectivity index (χ1) is 9.84. The largest absolute Gasteiger partial charge is 0.487 e. The van der Waals surface area contributed by atoms with Gasteiger partial charge >= 0.3 is 0 Å².